The molecule has 5 nitrogen and oxygen atoms in total. The van der Waals surface area contributed by atoms with Gasteiger partial charge in [0.2, 0.25) is 0 Å². The van der Waals surface area contributed by atoms with Gasteiger partial charge in [0.15, 0.2) is 0 Å². The largest absolute Gasteiger partial charge is 0.422 e. The molecular weight excluding hydrogens is 380 g/mol. The number of esters is 1. The second-order valence-electron chi connectivity index (χ2n) is 11.7. The first-order chi connectivity index (χ1) is 13.7. The topological polar surface area (TPSA) is 76.0 Å². The maximum Gasteiger partial charge on any atom is 0.333 e. The summed E-state index contributed by atoms with van der Waals surface area (Å²) in [4.78, 5) is 11.5. The van der Waals surface area contributed by atoms with E-state index in [4.69, 9.17) is 9.47 Å². The average Bonchev–Trinajstić information content (AvgIpc) is 2.83. The molecular formula is C25H38O5. The number of carbonyl (C=O) groups excluding carboxylic acids is 1. The van der Waals surface area contributed by atoms with Crippen molar-refractivity contribution in [3.05, 3.63) is 23.8 Å². The second-order valence-corrected chi connectivity index (χ2v) is 11.7. The van der Waals surface area contributed by atoms with Crippen molar-refractivity contribution in [2.24, 2.45) is 22.7 Å². The Balaban J connectivity index is 1.60. The molecule has 0 aromatic carbocycles. The van der Waals surface area contributed by atoms with E-state index in [-0.39, 0.29) is 22.9 Å². The number of rotatable bonds is 2. The summed E-state index contributed by atoms with van der Waals surface area (Å²) in [6.45, 7) is 12.9. The smallest absolute Gasteiger partial charge is 0.333 e. The van der Waals surface area contributed by atoms with Crippen LogP contribution in [0.3, 0.4) is 0 Å². The van der Waals surface area contributed by atoms with Crippen LogP contribution in [-0.4, -0.2) is 39.3 Å². The molecule has 168 valence electrons. The fourth-order valence-electron chi connectivity index (χ4n) is 7.73. The van der Waals surface area contributed by atoms with E-state index >= 15 is 0 Å². The second kappa shape index (κ2) is 6.66. The number of cyclic esters (lactones) is 1. The van der Waals surface area contributed by atoms with Crippen LogP contribution in [0.2, 0.25) is 0 Å². The average molecular weight is 419 g/mol. The van der Waals surface area contributed by atoms with Crippen LogP contribution in [0.5, 0.6) is 0 Å². The lowest BCUT2D eigenvalue weighted by atomic mass is 9.43. The van der Waals surface area contributed by atoms with Crippen molar-refractivity contribution < 1.29 is 24.5 Å². The molecule has 0 amide bonds. The summed E-state index contributed by atoms with van der Waals surface area (Å²) in [5.41, 5.74) is -0.371. The molecule has 4 aliphatic rings. The van der Waals surface area contributed by atoms with Gasteiger partial charge in [0.1, 0.15) is 0 Å². The minimum atomic E-state index is -1.70. The van der Waals surface area contributed by atoms with Crippen molar-refractivity contribution in [2.75, 3.05) is 0 Å². The van der Waals surface area contributed by atoms with Crippen LogP contribution in [0.4, 0.5) is 0 Å². The molecule has 30 heavy (non-hydrogen) atoms. The van der Waals surface area contributed by atoms with Crippen LogP contribution in [0.1, 0.15) is 80.1 Å². The molecule has 4 rings (SSSR count). The minimum absolute atomic E-state index is 0.0533. The lowest BCUT2D eigenvalue weighted by molar-refractivity contribution is -0.277. The highest BCUT2D eigenvalue weighted by Gasteiger charge is 2.64. The number of carbonyl (C=O) groups is 1. The molecule has 0 unspecified atom stereocenters. The molecule has 2 N–H and O–H groups in total. The van der Waals surface area contributed by atoms with Crippen LogP contribution in [0.25, 0.3) is 0 Å². The van der Waals surface area contributed by atoms with Crippen LogP contribution in [0.15, 0.2) is 23.8 Å². The number of hydrogen-bond acceptors (Lipinski definition) is 5. The van der Waals surface area contributed by atoms with E-state index in [0.717, 1.165) is 19.3 Å². The van der Waals surface area contributed by atoms with Crippen LogP contribution < -0.4 is 0 Å². The number of aliphatic hydroxyl groups excluding tert-OH is 1. The van der Waals surface area contributed by atoms with E-state index in [9.17, 15) is 15.0 Å². The molecule has 2 aliphatic heterocycles. The third kappa shape index (κ3) is 3.28. The van der Waals surface area contributed by atoms with Gasteiger partial charge in [-0.15, -0.1) is 0 Å². The lowest BCUT2D eigenvalue weighted by Crippen LogP contribution is -2.66. The highest BCUT2D eigenvalue weighted by atomic mass is 16.7. The maximum absolute atomic E-state index is 11.5. The fraction of sp³-hybridized carbons (Fsp3) is 0.800. The Morgan fingerprint density at radius 3 is 2.43 bits per heavy atom. The van der Waals surface area contributed by atoms with Crippen molar-refractivity contribution >= 4 is 5.97 Å². The Morgan fingerprint density at radius 2 is 1.80 bits per heavy atom. The van der Waals surface area contributed by atoms with Crippen LogP contribution in [0, 0.1) is 22.7 Å². The summed E-state index contributed by atoms with van der Waals surface area (Å²) in [5, 5.41) is 22.0. The van der Waals surface area contributed by atoms with Crippen molar-refractivity contribution in [3.8, 4) is 0 Å². The van der Waals surface area contributed by atoms with Crippen molar-refractivity contribution in [1.29, 1.82) is 0 Å². The van der Waals surface area contributed by atoms with E-state index in [1.807, 2.05) is 13.0 Å². The first kappa shape index (κ1) is 22.0. The molecule has 3 fully saturated rings. The summed E-state index contributed by atoms with van der Waals surface area (Å²) >= 11 is 0. The standard InChI is InChI=1S/C25H38O5/c1-16-14-19(27)29-25(16,28)13-12-22(4)11-8-18-23(5)10-7-9-21(2,3)20(23)17(26)15-24(18,6)30-22/h12-14,17-18,20,26,28H,7-11,15H2,1-6H3/b13-12+/t17-,18+,20-,22+,23+,24+,25-/m0/s1. The highest BCUT2D eigenvalue weighted by molar-refractivity contribution is 5.86. The zero-order chi connectivity index (χ0) is 22.2. The van der Waals surface area contributed by atoms with E-state index < -0.39 is 23.0 Å². The van der Waals surface area contributed by atoms with Gasteiger partial charge in [0.25, 0.3) is 5.79 Å². The summed E-state index contributed by atoms with van der Waals surface area (Å²) in [6.07, 6.45) is 10.3. The first-order valence-electron chi connectivity index (χ1n) is 11.5. The zero-order valence-corrected chi connectivity index (χ0v) is 19.3. The highest BCUT2D eigenvalue weighted by Crippen LogP contribution is 2.65. The molecule has 2 heterocycles. The monoisotopic (exact) mass is 418 g/mol. The lowest BCUT2D eigenvalue weighted by Gasteiger charge is -2.66. The first-order valence-corrected chi connectivity index (χ1v) is 11.5. The molecule has 0 spiro atoms. The van der Waals surface area contributed by atoms with Gasteiger partial charge in [-0.3, -0.25) is 0 Å². The van der Waals surface area contributed by atoms with Crippen LogP contribution >= 0.6 is 0 Å². The van der Waals surface area contributed by atoms with Crippen molar-refractivity contribution in [2.45, 2.75) is 103 Å². The molecule has 7 atom stereocenters. The van der Waals surface area contributed by atoms with E-state index in [1.165, 1.54) is 18.9 Å². The van der Waals surface area contributed by atoms with E-state index in [1.54, 1.807) is 13.0 Å². The Labute approximate surface area is 180 Å². The Kier molecular flexibility index (Phi) is 4.90. The molecule has 1 saturated heterocycles. The summed E-state index contributed by atoms with van der Waals surface area (Å²) in [6, 6.07) is 0. The van der Waals surface area contributed by atoms with Crippen molar-refractivity contribution in [1.82, 2.24) is 0 Å². The van der Waals surface area contributed by atoms with Gasteiger partial charge in [0, 0.05) is 18.1 Å². The molecule has 5 heteroatoms. The number of aliphatic hydroxyl groups is 2. The molecule has 0 aromatic rings. The molecule has 0 bridgehead atoms. The molecule has 2 saturated carbocycles. The van der Waals surface area contributed by atoms with Gasteiger partial charge in [0.05, 0.1) is 17.3 Å². The zero-order valence-electron chi connectivity index (χ0n) is 19.3. The van der Waals surface area contributed by atoms with E-state index in [0.29, 0.717) is 17.9 Å². The predicted octanol–water partition coefficient (Wildman–Crippen LogP) is 4.28. The number of ether oxygens (including phenoxy) is 2. The third-order valence-corrected chi connectivity index (χ3v) is 8.83. The van der Waals surface area contributed by atoms with Crippen molar-refractivity contribution in [3.63, 3.8) is 0 Å². The SMILES string of the molecule is CC1=CC(=O)O[C@@]1(O)/C=C/[C@@]1(C)CC[C@@H]2[C@@]3(C)CCCC(C)(C)[C@@H]3[C@@H](O)C[C@@]2(C)O1. The van der Waals surface area contributed by atoms with Gasteiger partial charge in [-0.05, 0) is 75.2 Å². The number of hydrogen-bond donors (Lipinski definition) is 2. The molecule has 0 aromatic heterocycles. The number of fused-ring (bicyclic) bond motifs is 3. The Morgan fingerprint density at radius 1 is 1.10 bits per heavy atom. The van der Waals surface area contributed by atoms with E-state index in [2.05, 4.69) is 27.7 Å². The summed E-state index contributed by atoms with van der Waals surface area (Å²) in [5.74, 6) is -1.56. The van der Waals surface area contributed by atoms with Gasteiger partial charge in [-0.25, -0.2) is 4.79 Å². The summed E-state index contributed by atoms with van der Waals surface area (Å²) < 4.78 is 11.9. The van der Waals surface area contributed by atoms with Gasteiger partial charge in [-0.2, -0.15) is 0 Å². The maximum atomic E-state index is 11.5. The normalized spacial score (nSPS) is 50.6. The van der Waals surface area contributed by atoms with Gasteiger partial charge < -0.3 is 19.7 Å². The van der Waals surface area contributed by atoms with Gasteiger partial charge >= 0.3 is 5.97 Å². The molecule has 0 radical (unpaired) electrons. The Bertz CT molecular complexity index is 799. The third-order valence-electron chi connectivity index (χ3n) is 8.83. The summed E-state index contributed by atoms with van der Waals surface area (Å²) in [7, 11) is 0. The van der Waals surface area contributed by atoms with Crippen LogP contribution in [-0.2, 0) is 14.3 Å². The predicted molar refractivity (Wildman–Crippen MR) is 114 cm³/mol. The molecule has 2 aliphatic carbocycles. The van der Waals surface area contributed by atoms with Gasteiger partial charge in [-0.1, -0.05) is 33.3 Å². The quantitative estimate of drug-likeness (QED) is 0.517. The minimum Gasteiger partial charge on any atom is -0.422 e. The Hall–Kier alpha value is -1.17. The fourth-order valence-corrected chi connectivity index (χ4v) is 7.73.